The van der Waals surface area contributed by atoms with Crippen LogP contribution in [0.3, 0.4) is 0 Å². The maximum absolute atomic E-state index is 12.4. The summed E-state index contributed by atoms with van der Waals surface area (Å²) in [6.07, 6.45) is 0.190. The molecule has 2 rings (SSSR count). The first-order valence-electron chi connectivity index (χ1n) is 8.17. The Hall–Kier alpha value is -2.62. The van der Waals surface area contributed by atoms with E-state index in [0.29, 0.717) is 5.92 Å². The second-order valence-corrected chi connectivity index (χ2v) is 6.20. The highest BCUT2D eigenvalue weighted by molar-refractivity contribution is 5.91. The molecule has 0 spiro atoms. The van der Waals surface area contributed by atoms with E-state index in [1.54, 1.807) is 0 Å². The molecule has 4 heteroatoms. The van der Waals surface area contributed by atoms with Crippen molar-refractivity contribution >= 4 is 17.5 Å². The monoisotopic (exact) mass is 324 g/mol. The summed E-state index contributed by atoms with van der Waals surface area (Å²) in [7, 11) is 0. The molecule has 0 fully saturated rings. The third-order valence-electron chi connectivity index (χ3n) is 3.81. The van der Waals surface area contributed by atoms with Crippen LogP contribution in [0.2, 0.25) is 0 Å². The number of anilines is 1. The van der Waals surface area contributed by atoms with Crippen molar-refractivity contribution in [3.8, 4) is 0 Å². The molecule has 24 heavy (non-hydrogen) atoms. The van der Waals surface area contributed by atoms with Crippen molar-refractivity contribution in [2.45, 2.75) is 39.2 Å². The van der Waals surface area contributed by atoms with Gasteiger partial charge in [0.25, 0.3) is 0 Å². The molecule has 2 aromatic carbocycles. The summed E-state index contributed by atoms with van der Waals surface area (Å²) < 4.78 is 0. The predicted octanol–water partition coefficient (Wildman–Crippen LogP) is 4.02. The fourth-order valence-electron chi connectivity index (χ4n) is 2.56. The van der Waals surface area contributed by atoms with Gasteiger partial charge in [0, 0.05) is 12.6 Å². The Morgan fingerprint density at radius 2 is 1.62 bits per heavy atom. The number of carbonyl (C=O) groups excluding carboxylic acids is 2. The molecule has 1 atom stereocenters. The fourth-order valence-corrected chi connectivity index (χ4v) is 2.56. The Balaban J connectivity index is 2.08. The van der Waals surface area contributed by atoms with Crippen molar-refractivity contribution in [2.75, 3.05) is 5.32 Å². The van der Waals surface area contributed by atoms with E-state index in [9.17, 15) is 9.59 Å². The van der Waals surface area contributed by atoms with E-state index in [1.165, 1.54) is 12.5 Å². The van der Waals surface area contributed by atoms with Crippen LogP contribution in [-0.2, 0) is 9.59 Å². The minimum Gasteiger partial charge on any atom is -0.349 e. The van der Waals surface area contributed by atoms with Crippen molar-refractivity contribution in [3.05, 3.63) is 65.7 Å². The first-order valence-corrected chi connectivity index (χ1v) is 8.17. The van der Waals surface area contributed by atoms with Gasteiger partial charge < -0.3 is 10.6 Å². The van der Waals surface area contributed by atoms with Gasteiger partial charge in [-0.25, -0.2) is 0 Å². The summed E-state index contributed by atoms with van der Waals surface area (Å²) in [5.74, 6) is 0.121. The molecule has 2 amide bonds. The van der Waals surface area contributed by atoms with E-state index in [-0.39, 0.29) is 24.3 Å². The van der Waals surface area contributed by atoms with E-state index in [0.717, 1.165) is 11.3 Å². The van der Waals surface area contributed by atoms with Gasteiger partial charge in [-0.15, -0.1) is 0 Å². The van der Waals surface area contributed by atoms with Crippen LogP contribution in [0.5, 0.6) is 0 Å². The lowest BCUT2D eigenvalue weighted by molar-refractivity contribution is -0.120. The van der Waals surface area contributed by atoms with Gasteiger partial charge in [0.2, 0.25) is 11.8 Å². The van der Waals surface area contributed by atoms with Crippen molar-refractivity contribution in [2.24, 2.45) is 0 Å². The number of rotatable bonds is 6. The van der Waals surface area contributed by atoms with Gasteiger partial charge in [0.15, 0.2) is 0 Å². The maximum Gasteiger partial charge on any atom is 0.226 e. The number of carbonyl (C=O) groups is 2. The zero-order valence-corrected chi connectivity index (χ0v) is 14.4. The second kappa shape index (κ2) is 8.29. The largest absolute Gasteiger partial charge is 0.349 e. The SMILES string of the molecule is CC(=O)NC(CC(=O)Nc1cccc(C(C)C)c1)c1ccccc1. The molecule has 2 aromatic rings. The minimum absolute atomic E-state index is 0.126. The molecular weight excluding hydrogens is 300 g/mol. The topological polar surface area (TPSA) is 58.2 Å². The summed E-state index contributed by atoms with van der Waals surface area (Å²) in [5.41, 5.74) is 2.87. The average Bonchev–Trinajstić information content (AvgIpc) is 2.55. The van der Waals surface area contributed by atoms with Crippen molar-refractivity contribution in [1.29, 1.82) is 0 Å². The Bertz CT molecular complexity index is 696. The zero-order valence-electron chi connectivity index (χ0n) is 14.4. The van der Waals surface area contributed by atoms with Crippen molar-refractivity contribution < 1.29 is 9.59 Å². The van der Waals surface area contributed by atoms with Gasteiger partial charge in [0.05, 0.1) is 12.5 Å². The molecular formula is C20H24N2O2. The van der Waals surface area contributed by atoms with Crippen LogP contribution in [0.15, 0.2) is 54.6 Å². The molecule has 0 aliphatic heterocycles. The molecule has 0 aromatic heterocycles. The van der Waals surface area contributed by atoms with Crippen LogP contribution < -0.4 is 10.6 Å². The standard InChI is InChI=1S/C20H24N2O2/c1-14(2)17-10-7-11-18(12-17)22-20(24)13-19(21-15(3)23)16-8-5-4-6-9-16/h4-12,14,19H,13H2,1-3H3,(H,21,23)(H,22,24). The van der Waals surface area contributed by atoms with Gasteiger partial charge in [-0.1, -0.05) is 56.3 Å². The molecule has 2 N–H and O–H groups in total. The van der Waals surface area contributed by atoms with Crippen LogP contribution in [0.4, 0.5) is 5.69 Å². The van der Waals surface area contributed by atoms with Gasteiger partial charge in [-0.05, 0) is 29.2 Å². The van der Waals surface area contributed by atoms with Gasteiger partial charge in [0.1, 0.15) is 0 Å². The highest BCUT2D eigenvalue weighted by Crippen LogP contribution is 2.21. The predicted molar refractivity (Wildman–Crippen MR) is 96.8 cm³/mol. The molecule has 0 saturated carbocycles. The summed E-state index contributed by atoms with van der Waals surface area (Å²) in [4.78, 5) is 23.8. The molecule has 0 heterocycles. The fraction of sp³-hybridized carbons (Fsp3) is 0.300. The molecule has 126 valence electrons. The van der Waals surface area contributed by atoms with Crippen LogP contribution in [0, 0.1) is 0 Å². The zero-order chi connectivity index (χ0) is 17.5. The Kier molecular flexibility index (Phi) is 6.13. The third-order valence-corrected chi connectivity index (χ3v) is 3.81. The van der Waals surface area contributed by atoms with E-state index >= 15 is 0 Å². The number of benzene rings is 2. The number of hydrogen-bond acceptors (Lipinski definition) is 2. The van der Waals surface area contributed by atoms with Crippen LogP contribution in [0.1, 0.15) is 50.3 Å². The summed E-state index contributed by atoms with van der Waals surface area (Å²) in [6, 6.07) is 17.0. The molecule has 0 bridgehead atoms. The van der Waals surface area contributed by atoms with E-state index in [1.807, 2.05) is 54.6 Å². The first-order chi connectivity index (χ1) is 11.5. The average molecular weight is 324 g/mol. The van der Waals surface area contributed by atoms with E-state index < -0.39 is 0 Å². The smallest absolute Gasteiger partial charge is 0.226 e. The Morgan fingerprint density at radius 1 is 0.958 bits per heavy atom. The van der Waals surface area contributed by atoms with Gasteiger partial charge >= 0.3 is 0 Å². The molecule has 1 unspecified atom stereocenters. The summed E-state index contributed by atoms with van der Waals surface area (Å²) >= 11 is 0. The maximum atomic E-state index is 12.4. The van der Waals surface area contributed by atoms with Gasteiger partial charge in [-0.3, -0.25) is 9.59 Å². The van der Waals surface area contributed by atoms with E-state index in [4.69, 9.17) is 0 Å². The Labute approximate surface area is 143 Å². The highest BCUT2D eigenvalue weighted by Gasteiger charge is 2.17. The van der Waals surface area contributed by atoms with Gasteiger partial charge in [-0.2, -0.15) is 0 Å². The first kappa shape index (κ1) is 17.7. The second-order valence-electron chi connectivity index (χ2n) is 6.20. The summed E-state index contributed by atoms with van der Waals surface area (Å²) in [5, 5.41) is 5.76. The van der Waals surface area contributed by atoms with Crippen LogP contribution in [-0.4, -0.2) is 11.8 Å². The van der Waals surface area contributed by atoms with Crippen molar-refractivity contribution in [1.82, 2.24) is 5.32 Å². The summed E-state index contributed by atoms with van der Waals surface area (Å²) in [6.45, 7) is 5.69. The normalized spacial score (nSPS) is 11.8. The third kappa shape index (κ3) is 5.23. The molecule has 4 nitrogen and oxygen atoms in total. The van der Waals surface area contributed by atoms with Crippen molar-refractivity contribution in [3.63, 3.8) is 0 Å². The lowest BCUT2D eigenvalue weighted by Crippen LogP contribution is -2.29. The van der Waals surface area contributed by atoms with E-state index in [2.05, 4.69) is 24.5 Å². The lowest BCUT2D eigenvalue weighted by atomic mass is 10.0. The number of amides is 2. The molecule has 0 aliphatic rings. The van der Waals surface area contributed by atoms with Crippen LogP contribution in [0.25, 0.3) is 0 Å². The Morgan fingerprint density at radius 3 is 2.25 bits per heavy atom. The quantitative estimate of drug-likeness (QED) is 0.843. The van der Waals surface area contributed by atoms with Crippen LogP contribution >= 0.6 is 0 Å². The lowest BCUT2D eigenvalue weighted by Gasteiger charge is -2.18. The molecule has 0 aliphatic carbocycles. The molecule has 0 saturated heterocycles. The molecule has 0 radical (unpaired) electrons. The number of hydrogen-bond donors (Lipinski definition) is 2. The highest BCUT2D eigenvalue weighted by atomic mass is 16.2. The minimum atomic E-state index is -0.336. The number of nitrogens with one attached hydrogen (secondary N) is 2.